The van der Waals surface area contributed by atoms with Crippen molar-refractivity contribution in [2.24, 2.45) is 5.92 Å². The van der Waals surface area contributed by atoms with Gasteiger partial charge in [0.05, 0.1) is 0 Å². The smallest absolute Gasteiger partial charge is 0.225 e. The van der Waals surface area contributed by atoms with Crippen LogP contribution < -0.4 is 0 Å². The number of halogens is 2. The summed E-state index contributed by atoms with van der Waals surface area (Å²) in [6.45, 7) is 3.55. The fraction of sp³-hybridized carbons (Fsp3) is 0.562. The van der Waals surface area contributed by atoms with Crippen LogP contribution in [0.1, 0.15) is 24.8 Å². The van der Waals surface area contributed by atoms with Gasteiger partial charge in [-0.2, -0.15) is 0 Å². The van der Waals surface area contributed by atoms with E-state index in [0.29, 0.717) is 23.0 Å². The summed E-state index contributed by atoms with van der Waals surface area (Å²) >= 11 is 6.06. The summed E-state index contributed by atoms with van der Waals surface area (Å²) in [5, 5.41) is 0.475. The second kappa shape index (κ2) is 6.32. The quantitative estimate of drug-likeness (QED) is 0.857. The number of piperazine rings is 1. The van der Waals surface area contributed by atoms with Crippen LogP contribution in [0.4, 0.5) is 4.39 Å². The van der Waals surface area contributed by atoms with Gasteiger partial charge in [-0.3, -0.25) is 9.69 Å². The molecule has 3 nitrogen and oxygen atoms in total. The molecule has 2 fully saturated rings. The number of carbonyl (C=O) groups excluding carboxylic acids is 1. The van der Waals surface area contributed by atoms with E-state index in [1.165, 1.54) is 12.5 Å². The van der Waals surface area contributed by atoms with Gasteiger partial charge in [0.1, 0.15) is 5.82 Å². The summed E-state index contributed by atoms with van der Waals surface area (Å²) in [4.78, 5) is 16.3. The van der Waals surface area contributed by atoms with Crippen molar-refractivity contribution in [3.8, 4) is 0 Å². The molecule has 1 amide bonds. The zero-order valence-corrected chi connectivity index (χ0v) is 12.8. The maximum atomic E-state index is 13.8. The van der Waals surface area contributed by atoms with Gasteiger partial charge in [-0.05, 0) is 25.0 Å². The van der Waals surface area contributed by atoms with Crippen molar-refractivity contribution >= 4 is 17.5 Å². The van der Waals surface area contributed by atoms with Crippen LogP contribution in [0.3, 0.4) is 0 Å². The van der Waals surface area contributed by atoms with Crippen molar-refractivity contribution in [1.29, 1.82) is 0 Å². The van der Waals surface area contributed by atoms with Crippen LogP contribution in [0, 0.1) is 11.7 Å². The van der Waals surface area contributed by atoms with Crippen molar-refractivity contribution in [1.82, 2.24) is 9.80 Å². The molecule has 1 aliphatic carbocycles. The van der Waals surface area contributed by atoms with Crippen LogP contribution >= 0.6 is 11.6 Å². The first-order chi connectivity index (χ1) is 10.1. The first-order valence-corrected chi connectivity index (χ1v) is 7.97. The third kappa shape index (κ3) is 3.22. The van der Waals surface area contributed by atoms with Crippen molar-refractivity contribution in [2.45, 2.75) is 25.8 Å². The minimum absolute atomic E-state index is 0.254. The highest BCUT2D eigenvalue weighted by molar-refractivity contribution is 6.31. The van der Waals surface area contributed by atoms with E-state index in [-0.39, 0.29) is 11.7 Å². The summed E-state index contributed by atoms with van der Waals surface area (Å²) in [6.07, 6.45) is 3.27. The molecule has 0 radical (unpaired) electrons. The summed E-state index contributed by atoms with van der Waals surface area (Å²) in [5.74, 6) is 0.317. The Kier molecular flexibility index (Phi) is 4.45. The molecule has 5 heteroatoms. The van der Waals surface area contributed by atoms with Gasteiger partial charge in [0.25, 0.3) is 0 Å². The predicted molar refractivity (Wildman–Crippen MR) is 80.6 cm³/mol. The molecule has 0 N–H and O–H groups in total. The lowest BCUT2D eigenvalue weighted by Crippen LogP contribution is -2.50. The third-order valence-corrected chi connectivity index (χ3v) is 4.94. The Bertz CT molecular complexity index is 505. The van der Waals surface area contributed by atoms with E-state index in [9.17, 15) is 9.18 Å². The van der Waals surface area contributed by atoms with Gasteiger partial charge >= 0.3 is 0 Å². The van der Waals surface area contributed by atoms with Crippen molar-refractivity contribution in [3.05, 3.63) is 34.6 Å². The summed E-state index contributed by atoms with van der Waals surface area (Å²) < 4.78 is 13.8. The number of carbonyl (C=O) groups is 1. The molecule has 3 rings (SSSR count). The van der Waals surface area contributed by atoms with Crippen LogP contribution in [0.5, 0.6) is 0 Å². The average molecular weight is 311 g/mol. The van der Waals surface area contributed by atoms with Gasteiger partial charge in [0.15, 0.2) is 0 Å². The van der Waals surface area contributed by atoms with E-state index in [0.717, 1.165) is 39.0 Å². The summed E-state index contributed by atoms with van der Waals surface area (Å²) in [6, 6.07) is 4.78. The highest BCUT2D eigenvalue weighted by Crippen LogP contribution is 2.29. The molecule has 0 bridgehead atoms. The molecule has 1 heterocycles. The Morgan fingerprint density at radius 1 is 1.24 bits per heavy atom. The normalized spacial score (nSPS) is 20.4. The molecule has 0 atom stereocenters. The largest absolute Gasteiger partial charge is 0.340 e. The van der Waals surface area contributed by atoms with Gasteiger partial charge in [0.2, 0.25) is 5.91 Å². The Labute approximate surface area is 129 Å². The number of amides is 1. The van der Waals surface area contributed by atoms with E-state index in [1.807, 2.05) is 4.90 Å². The fourth-order valence-electron chi connectivity index (χ4n) is 2.95. The summed E-state index contributed by atoms with van der Waals surface area (Å²) in [5.41, 5.74) is 0.554. The third-order valence-electron chi connectivity index (χ3n) is 4.58. The number of benzene rings is 1. The second-order valence-corrected chi connectivity index (χ2v) is 6.34. The topological polar surface area (TPSA) is 23.6 Å². The molecule has 1 aliphatic heterocycles. The van der Waals surface area contributed by atoms with Crippen molar-refractivity contribution in [3.63, 3.8) is 0 Å². The lowest BCUT2D eigenvalue weighted by Gasteiger charge is -2.38. The molecule has 1 aromatic carbocycles. The van der Waals surface area contributed by atoms with E-state index >= 15 is 0 Å². The second-order valence-electron chi connectivity index (χ2n) is 5.93. The monoisotopic (exact) mass is 310 g/mol. The van der Waals surface area contributed by atoms with Gasteiger partial charge in [-0.25, -0.2) is 4.39 Å². The van der Waals surface area contributed by atoms with E-state index in [1.54, 1.807) is 12.1 Å². The SMILES string of the molecule is O=C(C1CCC1)N1CCN(Cc2c(F)cccc2Cl)CC1. The molecule has 0 unspecified atom stereocenters. The van der Waals surface area contributed by atoms with Crippen LogP contribution in [-0.2, 0) is 11.3 Å². The Balaban J connectivity index is 1.55. The van der Waals surface area contributed by atoms with Gasteiger partial charge in [-0.1, -0.05) is 24.1 Å². The highest BCUT2D eigenvalue weighted by atomic mass is 35.5. The maximum Gasteiger partial charge on any atom is 0.225 e. The maximum absolute atomic E-state index is 13.8. The van der Waals surface area contributed by atoms with Gasteiger partial charge in [0, 0.05) is 49.2 Å². The molecule has 1 aromatic rings. The zero-order chi connectivity index (χ0) is 14.8. The van der Waals surface area contributed by atoms with Crippen LogP contribution in [0.25, 0.3) is 0 Å². The fourth-order valence-corrected chi connectivity index (χ4v) is 3.17. The highest BCUT2D eigenvalue weighted by Gasteiger charge is 2.31. The molecule has 2 aliphatic rings. The predicted octanol–water partition coefficient (Wildman–Crippen LogP) is 2.92. The lowest BCUT2D eigenvalue weighted by molar-refractivity contribution is -0.140. The molecular formula is C16H20ClFN2O. The number of rotatable bonds is 3. The first-order valence-electron chi connectivity index (χ1n) is 7.59. The van der Waals surface area contributed by atoms with Gasteiger partial charge in [-0.15, -0.1) is 0 Å². The van der Waals surface area contributed by atoms with Crippen LogP contribution in [0.2, 0.25) is 5.02 Å². The minimum atomic E-state index is -0.254. The average Bonchev–Trinajstić information content (AvgIpc) is 2.42. The summed E-state index contributed by atoms with van der Waals surface area (Å²) in [7, 11) is 0. The molecule has 0 aromatic heterocycles. The van der Waals surface area contributed by atoms with E-state index in [4.69, 9.17) is 11.6 Å². The number of nitrogens with zero attached hydrogens (tertiary/aromatic N) is 2. The molecular weight excluding hydrogens is 291 g/mol. The zero-order valence-electron chi connectivity index (χ0n) is 12.0. The lowest BCUT2D eigenvalue weighted by atomic mass is 9.84. The number of hydrogen-bond donors (Lipinski definition) is 0. The van der Waals surface area contributed by atoms with Crippen LogP contribution in [0.15, 0.2) is 18.2 Å². The van der Waals surface area contributed by atoms with Crippen LogP contribution in [-0.4, -0.2) is 41.9 Å². The van der Waals surface area contributed by atoms with Crippen molar-refractivity contribution in [2.75, 3.05) is 26.2 Å². The first kappa shape index (κ1) is 14.8. The molecule has 1 saturated heterocycles. The molecule has 0 spiro atoms. The molecule has 21 heavy (non-hydrogen) atoms. The Hall–Kier alpha value is -1.13. The van der Waals surface area contributed by atoms with Crippen molar-refractivity contribution < 1.29 is 9.18 Å². The standard InChI is InChI=1S/C16H20ClFN2O/c17-14-5-2-6-15(18)13(14)11-19-7-9-20(10-8-19)16(21)12-3-1-4-12/h2,5-6,12H,1,3-4,7-11H2. The molecule has 114 valence electrons. The molecule has 1 saturated carbocycles. The number of hydrogen-bond acceptors (Lipinski definition) is 2. The minimum Gasteiger partial charge on any atom is -0.340 e. The Morgan fingerprint density at radius 3 is 2.52 bits per heavy atom. The van der Waals surface area contributed by atoms with Gasteiger partial charge < -0.3 is 4.90 Å². The van der Waals surface area contributed by atoms with E-state index < -0.39 is 0 Å². The Morgan fingerprint density at radius 2 is 1.95 bits per heavy atom. The van der Waals surface area contributed by atoms with E-state index in [2.05, 4.69) is 4.90 Å².